The maximum Gasteiger partial charge on any atom is 0.273 e. The zero-order chi connectivity index (χ0) is 12.8. The molecule has 4 nitrogen and oxygen atoms in total. The summed E-state index contributed by atoms with van der Waals surface area (Å²) in [7, 11) is 1.83. The van der Waals surface area contributed by atoms with Crippen molar-refractivity contribution in [3.05, 3.63) is 16.1 Å². The number of carbonyl (C=O) groups excluding carboxylic acids is 1. The van der Waals surface area contributed by atoms with E-state index in [9.17, 15) is 4.79 Å². The molecule has 0 fully saturated rings. The topological polar surface area (TPSA) is 59.2 Å². The highest BCUT2D eigenvalue weighted by Crippen LogP contribution is 2.13. The van der Waals surface area contributed by atoms with Crippen LogP contribution in [0.25, 0.3) is 0 Å². The number of thioether (sulfide) groups is 1. The van der Waals surface area contributed by atoms with E-state index >= 15 is 0 Å². The summed E-state index contributed by atoms with van der Waals surface area (Å²) >= 11 is 3.23. The molecule has 1 aromatic rings. The predicted molar refractivity (Wildman–Crippen MR) is 74.6 cm³/mol. The van der Waals surface area contributed by atoms with Gasteiger partial charge in [-0.1, -0.05) is 0 Å². The van der Waals surface area contributed by atoms with E-state index in [4.69, 9.17) is 5.73 Å². The van der Waals surface area contributed by atoms with Gasteiger partial charge in [0.15, 0.2) is 0 Å². The average molecular weight is 273 g/mol. The Bertz CT molecular complexity index is 367. The highest BCUT2D eigenvalue weighted by molar-refractivity contribution is 7.98. The van der Waals surface area contributed by atoms with E-state index in [1.165, 1.54) is 11.3 Å². The second-order valence-corrected chi connectivity index (χ2v) is 5.81. The number of carbonyl (C=O) groups is 1. The van der Waals surface area contributed by atoms with Crippen LogP contribution in [0.1, 0.15) is 28.8 Å². The van der Waals surface area contributed by atoms with E-state index in [0.29, 0.717) is 12.2 Å². The van der Waals surface area contributed by atoms with Gasteiger partial charge in [0.2, 0.25) is 0 Å². The van der Waals surface area contributed by atoms with Gasteiger partial charge in [-0.2, -0.15) is 11.8 Å². The fraction of sp³-hybridized carbons (Fsp3) is 0.636. The Balaban J connectivity index is 2.62. The Morgan fingerprint density at radius 1 is 1.71 bits per heavy atom. The molecule has 1 atom stereocenters. The van der Waals surface area contributed by atoms with Gasteiger partial charge < -0.3 is 10.6 Å². The fourth-order valence-electron chi connectivity index (χ4n) is 1.37. The lowest BCUT2D eigenvalue weighted by molar-refractivity contribution is 0.0736. The summed E-state index contributed by atoms with van der Waals surface area (Å²) in [5.41, 5.74) is 5.99. The highest BCUT2D eigenvalue weighted by Gasteiger charge is 2.19. The molecule has 0 aliphatic heterocycles. The molecule has 0 radical (unpaired) electrons. The summed E-state index contributed by atoms with van der Waals surface area (Å²) in [6, 6.07) is 0.234. The maximum absolute atomic E-state index is 12.1. The first-order valence-corrected chi connectivity index (χ1v) is 7.78. The lowest BCUT2D eigenvalue weighted by Gasteiger charge is -2.23. The van der Waals surface area contributed by atoms with E-state index in [0.717, 1.165) is 17.2 Å². The van der Waals surface area contributed by atoms with Crippen molar-refractivity contribution in [1.82, 2.24) is 9.88 Å². The van der Waals surface area contributed by atoms with E-state index in [-0.39, 0.29) is 11.9 Å². The minimum atomic E-state index is -0.0189. The second kappa shape index (κ2) is 6.98. The number of hydrogen-bond donors (Lipinski definition) is 1. The van der Waals surface area contributed by atoms with Gasteiger partial charge in [-0.05, 0) is 25.4 Å². The Hall–Kier alpha value is -0.590. The van der Waals surface area contributed by atoms with Gasteiger partial charge in [0.25, 0.3) is 5.91 Å². The van der Waals surface area contributed by atoms with Crippen LogP contribution >= 0.6 is 23.1 Å². The maximum atomic E-state index is 12.1. The molecule has 0 aromatic carbocycles. The van der Waals surface area contributed by atoms with Gasteiger partial charge in [0.05, 0.1) is 0 Å². The fourth-order valence-corrected chi connectivity index (χ4v) is 2.59. The highest BCUT2D eigenvalue weighted by atomic mass is 32.2. The molecule has 0 spiro atoms. The minimum Gasteiger partial charge on any atom is -0.338 e. The van der Waals surface area contributed by atoms with Gasteiger partial charge >= 0.3 is 0 Å². The smallest absolute Gasteiger partial charge is 0.273 e. The summed E-state index contributed by atoms with van der Waals surface area (Å²) in [5.74, 6) is 1.04. The molecule has 2 N–H and O–H groups in total. The number of hydrogen-bond acceptors (Lipinski definition) is 5. The third-order valence-electron chi connectivity index (χ3n) is 2.67. The molecule has 6 heteroatoms. The summed E-state index contributed by atoms with van der Waals surface area (Å²) < 4.78 is 0. The molecule has 1 aromatic heterocycles. The van der Waals surface area contributed by atoms with Gasteiger partial charge in [0, 0.05) is 25.0 Å². The van der Waals surface area contributed by atoms with Gasteiger partial charge in [0.1, 0.15) is 10.7 Å². The SMILES string of the molecule is CSCCC(C)N(C)C(=O)c1csc(CN)n1. The van der Waals surface area contributed by atoms with Crippen LogP contribution in [-0.4, -0.2) is 40.9 Å². The Labute approximate surface area is 111 Å². The first-order chi connectivity index (χ1) is 8.10. The van der Waals surface area contributed by atoms with Crippen molar-refractivity contribution >= 4 is 29.0 Å². The van der Waals surface area contributed by atoms with Crippen LogP contribution in [0.4, 0.5) is 0 Å². The molecular formula is C11H19N3OS2. The van der Waals surface area contributed by atoms with Crippen molar-refractivity contribution in [3.63, 3.8) is 0 Å². The van der Waals surface area contributed by atoms with Crippen LogP contribution < -0.4 is 5.73 Å². The van der Waals surface area contributed by atoms with Crippen molar-refractivity contribution in [2.24, 2.45) is 5.73 Å². The lowest BCUT2D eigenvalue weighted by Crippen LogP contribution is -2.35. The average Bonchev–Trinajstić information content (AvgIpc) is 2.82. The molecule has 0 saturated carbocycles. The Kier molecular flexibility index (Phi) is 5.94. The first-order valence-electron chi connectivity index (χ1n) is 5.50. The van der Waals surface area contributed by atoms with E-state index in [2.05, 4.69) is 18.2 Å². The third-order valence-corrected chi connectivity index (χ3v) is 4.18. The van der Waals surface area contributed by atoms with E-state index in [1.807, 2.05) is 7.05 Å². The van der Waals surface area contributed by atoms with Crippen molar-refractivity contribution in [2.75, 3.05) is 19.1 Å². The van der Waals surface area contributed by atoms with Crippen LogP contribution in [0.5, 0.6) is 0 Å². The zero-order valence-corrected chi connectivity index (χ0v) is 12.1. The van der Waals surface area contributed by atoms with Crippen LogP contribution in [0.3, 0.4) is 0 Å². The summed E-state index contributed by atoms with van der Waals surface area (Å²) in [5, 5.41) is 2.58. The number of aromatic nitrogens is 1. The monoisotopic (exact) mass is 273 g/mol. The number of nitrogens with two attached hydrogens (primary N) is 1. The van der Waals surface area contributed by atoms with Crippen molar-refractivity contribution in [3.8, 4) is 0 Å². The number of amides is 1. The van der Waals surface area contributed by atoms with Crippen LogP contribution in [0.15, 0.2) is 5.38 Å². The normalized spacial score (nSPS) is 12.5. The summed E-state index contributed by atoms with van der Waals surface area (Å²) in [4.78, 5) is 18.1. The quantitative estimate of drug-likeness (QED) is 0.859. The van der Waals surface area contributed by atoms with Gasteiger partial charge in [-0.15, -0.1) is 11.3 Å². The number of thiazole rings is 1. The minimum absolute atomic E-state index is 0.0189. The summed E-state index contributed by atoms with van der Waals surface area (Å²) in [6.07, 6.45) is 3.07. The third kappa shape index (κ3) is 3.97. The van der Waals surface area contributed by atoms with E-state index in [1.54, 1.807) is 22.0 Å². The molecule has 1 unspecified atom stereocenters. The van der Waals surface area contributed by atoms with Crippen molar-refractivity contribution < 1.29 is 4.79 Å². The van der Waals surface area contributed by atoms with E-state index < -0.39 is 0 Å². The predicted octanol–water partition coefficient (Wildman–Crippen LogP) is 1.82. The number of rotatable bonds is 6. The second-order valence-electron chi connectivity index (χ2n) is 3.88. The summed E-state index contributed by atoms with van der Waals surface area (Å²) in [6.45, 7) is 2.45. The Morgan fingerprint density at radius 3 is 2.94 bits per heavy atom. The van der Waals surface area contributed by atoms with Gasteiger partial charge in [-0.3, -0.25) is 4.79 Å². The van der Waals surface area contributed by atoms with Gasteiger partial charge in [-0.25, -0.2) is 4.98 Å². The van der Waals surface area contributed by atoms with Crippen molar-refractivity contribution in [1.29, 1.82) is 0 Å². The van der Waals surface area contributed by atoms with Crippen LogP contribution in [0, 0.1) is 0 Å². The molecule has 0 saturated heterocycles. The molecule has 1 amide bonds. The lowest BCUT2D eigenvalue weighted by atomic mass is 10.2. The Morgan fingerprint density at radius 2 is 2.41 bits per heavy atom. The molecule has 96 valence electrons. The largest absolute Gasteiger partial charge is 0.338 e. The van der Waals surface area contributed by atoms with Crippen LogP contribution in [0.2, 0.25) is 0 Å². The molecule has 0 aliphatic rings. The standard InChI is InChI=1S/C11H19N3OS2/c1-8(4-5-16-3)14(2)11(15)9-7-17-10(6-12)13-9/h7-8H,4-6,12H2,1-3H3. The van der Waals surface area contributed by atoms with Crippen molar-refractivity contribution in [2.45, 2.75) is 25.9 Å². The molecule has 0 bridgehead atoms. The first kappa shape index (κ1) is 14.5. The number of nitrogens with zero attached hydrogens (tertiary/aromatic N) is 2. The molecular weight excluding hydrogens is 254 g/mol. The van der Waals surface area contributed by atoms with Crippen LogP contribution in [-0.2, 0) is 6.54 Å². The molecule has 1 rings (SSSR count). The molecule has 1 heterocycles. The molecule has 17 heavy (non-hydrogen) atoms. The molecule has 0 aliphatic carbocycles. The zero-order valence-electron chi connectivity index (χ0n) is 10.5.